The zero-order valence-electron chi connectivity index (χ0n) is 14.3. The lowest BCUT2D eigenvalue weighted by molar-refractivity contribution is 0.104. The van der Waals surface area contributed by atoms with Gasteiger partial charge in [-0.2, -0.15) is 4.31 Å². The summed E-state index contributed by atoms with van der Waals surface area (Å²) in [4.78, 5) is 6.51. The van der Waals surface area contributed by atoms with Gasteiger partial charge in [0.2, 0.25) is 5.09 Å². The van der Waals surface area contributed by atoms with Crippen LogP contribution >= 0.6 is 0 Å². The van der Waals surface area contributed by atoms with Crippen LogP contribution in [0.5, 0.6) is 0 Å². The van der Waals surface area contributed by atoms with Gasteiger partial charge in [0.15, 0.2) is 0 Å². The highest BCUT2D eigenvalue weighted by Crippen LogP contribution is 2.35. The van der Waals surface area contributed by atoms with Gasteiger partial charge in [-0.05, 0) is 44.5 Å². The number of hydrogen-bond acceptors (Lipinski definition) is 5. The van der Waals surface area contributed by atoms with Crippen molar-refractivity contribution in [1.29, 1.82) is 0 Å². The number of sulfonamides is 1. The van der Waals surface area contributed by atoms with E-state index >= 15 is 0 Å². The first-order valence-electron chi connectivity index (χ1n) is 8.07. The minimum Gasteiger partial charge on any atom is -0.452 e. The van der Waals surface area contributed by atoms with Crippen molar-refractivity contribution in [1.82, 2.24) is 18.8 Å². The first kappa shape index (κ1) is 17.2. The number of furan rings is 1. The van der Waals surface area contributed by atoms with E-state index < -0.39 is 10.0 Å². The predicted molar refractivity (Wildman–Crippen MR) is 89.8 cm³/mol. The molecule has 0 amide bonds. The van der Waals surface area contributed by atoms with Gasteiger partial charge >= 0.3 is 0 Å². The predicted octanol–water partition coefficient (Wildman–Crippen LogP) is 1.72. The minimum atomic E-state index is -3.59. The number of rotatable bonds is 5. The number of hydrogen-bond donors (Lipinski definition) is 0. The van der Waals surface area contributed by atoms with E-state index in [9.17, 15) is 8.42 Å². The van der Waals surface area contributed by atoms with Crippen LogP contribution in [0.3, 0.4) is 0 Å². The molecule has 0 spiro atoms. The Hall–Kier alpha value is -1.64. The topological polar surface area (TPSA) is 71.6 Å². The van der Waals surface area contributed by atoms with Gasteiger partial charge in [-0.1, -0.05) is 0 Å². The monoisotopic (exact) mass is 352 g/mol. The molecule has 3 heterocycles. The second-order valence-electron chi connectivity index (χ2n) is 6.47. The fraction of sp³-hybridized carbons (Fsp3) is 0.562. The molecule has 0 radical (unpaired) electrons. The van der Waals surface area contributed by atoms with E-state index in [2.05, 4.69) is 16.9 Å². The number of nitrogens with zero attached hydrogens (tertiary/aromatic N) is 4. The van der Waals surface area contributed by atoms with Crippen LogP contribution in [-0.4, -0.2) is 54.4 Å². The first-order chi connectivity index (χ1) is 11.4. The molecule has 0 N–H and O–H groups in total. The van der Waals surface area contributed by atoms with Crippen LogP contribution in [0, 0.1) is 5.92 Å². The number of aryl methyl sites for hydroxylation is 1. The molecule has 2 atom stereocenters. The summed E-state index contributed by atoms with van der Waals surface area (Å²) >= 11 is 0. The van der Waals surface area contributed by atoms with Crippen molar-refractivity contribution >= 4 is 10.0 Å². The highest BCUT2D eigenvalue weighted by molar-refractivity contribution is 7.89. The normalized spacial score (nSPS) is 23.0. The van der Waals surface area contributed by atoms with E-state index in [1.807, 2.05) is 17.8 Å². The summed E-state index contributed by atoms with van der Waals surface area (Å²) in [5, 5.41) is -0.00810. The van der Waals surface area contributed by atoms with Gasteiger partial charge in [-0.25, -0.2) is 13.4 Å². The van der Waals surface area contributed by atoms with Gasteiger partial charge in [-0.3, -0.25) is 4.90 Å². The van der Waals surface area contributed by atoms with Gasteiger partial charge < -0.3 is 8.98 Å². The maximum atomic E-state index is 12.6. The van der Waals surface area contributed by atoms with E-state index in [1.54, 1.807) is 19.4 Å². The molecule has 1 saturated heterocycles. The van der Waals surface area contributed by atoms with Gasteiger partial charge in [0, 0.05) is 26.8 Å². The van der Waals surface area contributed by atoms with Crippen LogP contribution in [0.15, 0.2) is 40.4 Å². The lowest BCUT2D eigenvalue weighted by Gasteiger charge is -2.40. The lowest BCUT2D eigenvalue weighted by atomic mass is 9.87. The number of imidazole rings is 1. The molecule has 7 nitrogen and oxygen atoms in total. The van der Waals surface area contributed by atoms with E-state index in [0.717, 1.165) is 25.1 Å². The molecule has 0 bridgehead atoms. The van der Waals surface area contributed by atoms with Gasteiger partial charge in [0.05, 0.1) is 24.3 Å². The fourth-order valence-corrected chi connectivity index (χ4v) is 4.69. The SMILES string of the molecule is CN1CCC[C@@H](CN(C)S(=O)(=O)c2ccco2)[C@@H]1c1cncn1C. The Balaban J connectivity index is 1.83. The molecule has 0 saturated carbocycles. The van der Waals surface area contributed by atoms with Crippen molar-refractivity contribution in [2.75, 3.05) is 27.2 Å². The van der Waals surface area contributed by atoms with E-state index in [4.69, 9.17) is 4.42 Å². The Morgan fingerprint density at radius 1 is 1.42 bits per heavy atom. The Kier molecular flexibility index (Phi) is 4.80. The molecule has 3 rings (SSSR count). The standard InChI is InChI=1S/C16H24N4O3S/c1-18-8-4-6-13(16(18)14-10-17-12-19(14)2)11-20(3)24(21,22)15-7-5-9-23-15/h5,7,9-10,12-13,16H,4,6,8,11H2,1-3H3/t13-,16+/m0/s1. The van der Waals surface area contributed by atoms with E-state index in [0.29, 0.717) is 6.54 Å². The fourth-order valence-electron chi connectivity index (χ4n) is 3.56. The Labute approximate surface area is 142 Å². The Morgan fingerprint density at radius 2 is 2.21 bits per heavy atom. The van der Waals surface area contributed by atoms with Gasteiger partial charge in [-0.15, -0.1) is 0 Å². The van der Waals surface area contributed by atoms with Crippen LogP contribution in [0.4, 0.5) is 0 Å². The minimum absolute atomic E-state index is 0.00810. The average molecular weight is 352 g/mol. The average Bonchev–Trinajstić information content (AvgIpc) is 3.19. The molecule has 0 aliphatic carbocycles. The van der Waals surface area contributed by atoms with Crippen molar-refractivity contribution < 1.29 is 12.8 Å². The quantitative estimate of drug-likeness (QED) is 0.819. The van der Waals surface area contributed by atoms with Crippen LogP contribution in [0.25, 0.3) is 0 Å². The van der Waals surface area contributed by atoms with Crippen LogP contribution < -0.4 is 0 Å². The first-order valence-corrected chi connectivity index (χ1v) is 9.51. The largest absolute Gasteiger partial charge is 0.452 e. The lowest BCUT2D eigenvalue weighted by Crippen LogP contribution is -2.43. The van der Waals surface area contributed by atoms with Gasteiger partial charge in [0.25, 0.3) is 10.0 Å². The second kappa shape index (κ2) is 6.70. The maximum absolute atomic E-state index is 12.6. The van der Waals surface area contributed by atoms with Crippen molar-refractivity contribution in [3.05, 3.63) is 36.6 Å². The van der Waals surface area contributed by atoms with Gasteiger partial charge in [0.1, 0.15) is 0 Å². The number of piperidine rings is 1. The molecule has 0 aromatic carbocycles. The Morgan fingerprint density at radius 3 is 2.83 bits per heavy atom. The molecule has 1 aliphatic heterocycles. The zero-order chi connectivity index (χ0) is 17.3. The highest BCUT2D eigenvalue weighted by Gasteiger charge is 2.35. The summed E-state index contributed by atoms with van der Waals surface area (Å²) in [6.45, 7) is 1.45. The molecular weight excluding hydrogens is 328 g/mol. The van der Waals surface area contributed by atoms with Crippen molar-refractivity contribution in [3.63, 3.8) is 0 Å². The summed E-state index contributed by atoms with van der Waals surface area (Å²) in [5.74, 6) is 0.203. The highest BCUT2D eigenvalue weighted by atomic mass is 32.2. The molecule has 2 aromatic heterocycles. The summed E-state index contributed by atoms with van der Waals surface area (Å²) in [6, 6.07) is 3.23. The van der Waals surface area contributed by atoms with E-state index in [1.165, 1.54) is 16.6 Å². The van der Waals surface area contributed by atoms with Crippen LogP contribution in [-0.2, 0) is 17.1 Å². The summed E-state index contributed by atoms with van der Waals surface area (Å²) in [5.41, 5.74) is 1.12. The molecule has 132 valence electrons. The molecule has 0 unspecified atom stereocenters. The summed E-state index contributed by atoms with van der Waals surface area (Å²) in [6.07, 6.45) is 7.09. The zero-order valence-corrected chi connectivity index (χ0v) is 15.1. The third-order valence-corrected chi connectivity index (χ3v) is 6.53. The molecule has 2 aromatic rings. The van der Waals surface area contributed by atoms with Crippen molar-refractivity contribution in [2.24, 2.45) is 13.0 Å². The molecule has 1 fully saturated rings. The number of likely N-dealkylation sites (tertiary alicyclic amines) is 1. The third kappa shape index (κ3) is 3.13. The maximum Gasteiger partial charge on any atom is 0.276 e. The molecule has 24 heavy (non-hydrogen) atoms. The summed E-state index contributed by atoms with van der Waals surface area (Å²) in [7, 11) is 2.09. The second-order valence-corrected chi connectivity index (χ2v) is 8.45. The smallest absolute Gasteiger partial charge is 0.276 e. The van der Waals surface area contributed by atoms with Crippen LogP contribution in [0.1, 0.15) is 24.6 Å². The van der Waals surface area contributed by atoms with Crippen LogP contribution in [0.2, 0.25) is 0 Å². The number of aromatic nitrogens is 2. The summed E-state index contributed by atoms with van der Waals surface area (Å²) < 4.78 is 33.7. The Bertz CT molecular complexity index is 769. The van der Waals surface area contributed by atoms with E-state index in [-0.39, 0.29) is 17.1 Å². The van der Waals surface area contributed by atoms with Crippen molar-refractivity contribution in [2.45, 2.75) is 24.0 Å². The molecule has 1 aliphatic rings. The van der Waals surface area contributed by atoms with Crippen molar-refractivity contribution in [3.8, 4) is 0 Å². The molecular formula is C16H24N4O3S. The molecule has 8 heteroatoms. The third-order valence-electron chi connectivity index (χ3n) is 4.82.